The number of hydrogen-bond acceptors (Lipinski definition) is 4. The monoisotopic (exact) mass is 358 g/mol. The highest BCUT2D eigenvalue weighted by molar-refractivity contribution is 8.18. The summed E-state index contributed by atoms with van der Waals surface area (Å²) in [6.07, 6.45) is 1.84. The van der Waals surface area contributed by atoms with Crippen molar-refractivity contribution in [3.05, 3.63) is 64.0 Å². The summed E-state index contributed by atoms with van der Waals surface area (Å²) in [6, 6.07) is 14.8. The van der Waals surface area contributed by atoms with Gasteiger partial charge in [0.1, 0.15) is 5.75 Å². The molecule has 0 saturated carbocycles. The van der Waals surface area contributed by atoms with Gasteiger partial charge in [-0.2, -0.15) is 0 Å². The SMILES string of the molecule is COc1cccc(/C=C2/SC(=Nc3cccc(Cl)c3)N(C)C2=O)c1. The lowest BCUT2D eigenvalue weighted by molar-refractivity contribution is -0.121. The van der Waals surface area contributed by atoms with Gasteiger partial charge in [0.25, 0.3) is 5.91 Å². The van der Waals surface area contributed by atoms with Crippen molar-refractivity contribution < 1.29 is 9.53 Å². The molecule has 24 heavy (non-hydrogen) atoms. The van der Waals surface area contributed by atoms with Crippen molar-refractivity contribution >= 4 is 46.2 Å². The number of aliphatic imine (C=N–C) groups is 1. The Hall–Kier alpha value is -2.24. The number of amides is 1. The smallest absolute Gasteiger partial charge is 0.266 e. The van der Waals surface area contributed by atoms with Gasteiger partial charge in [-0.05, 0) is 53.7 Å². The van der Waals surface area contributed by atoms with Crippen LogP contribution in [0.15, 0.2) is 58.4 Å². The highest BCUT2D eigenvalue weighted by atomic mass is 35.5. The number of carbonyl (C=O) groups excluding carboxylic acids is 1. The zero-order chi connectivity index (χ0) is 17.1. The molecular weight excluding hydrogens is 344 g/mol. The largest absolute Gasteiger partial charge is 0.497 e. The summed E-state index contributed by atoms with van der Waals surface area (Å²) in [6.45, 7) is 0. The lowest BCUT2D eigenvalue weighted by Crippen LogP contribution is -2.23. The Balaban J connectivity index is 1.89. The molecule has 0 spiro atoms. The van der Waals surface area contributed by atoms with E-state index in [4.69, 9.17) is 16.3 Å². The summed E-state index contributed by atoms with van der Waals surface area (Å²) in [7, 11) is 3.33. The minimum atomic E-state index is -0.0800. The van der Waals surface area contributed by atoms with Crippen molar-refractivity contribution in [2.24, 2.45) is 4.99 Å². The number of thioether (sulfide) groups is 1. The molecule has 0 unspecified atom stereocenters. The molecule has 6 heteroatoms. The Bertz CT molecular complexity index is 848. The van der Waals surface area contributed by atoms with Gasteiger partial charge < -0.3 is 4.74 Å². The number of ether oxygens (including phenoxy) is 1. The molecule has 1 fully saturated rings. The maximum atomic E-state index is 12.4. The molecule has 1 amide bonds. The molecule has 0 aromatic heterocycles. The average Bonchev–Trinajstić information content (AvgIpc) is 2.83. The van der Waals surface area contributed by atoms with E-state index in [0.717, 1.165) is 11.3 Å². The molecule has 0 radical (unpaired) electrons. The highest BCUT2D eigenvalue weighted by Crippen LogP contribution is 2.33. The third-order valence-corrected chi connectivity index (χ3v) is 4.72. The zero-order valence-corrected chi connectivity index (χ0v) is 14.8. The molecule has 0 aliphatic carbocycles. The van der Waals surface area contributed by atoms with Crippen LogP contribution in [-0.2, 0) is 4.79 Å². The van der Waals surface area contributed by atoms with Crippen LogP contribution in [0.3, 0.4) is 0 Å². The minimum absolute atomic E-state index is 0.0800. The molecule has 122 valence electrons. The summed E-state index contributed by atoms with van der Waals surface area (Å²) >= 11 is 7.32. The number of methoxy groups -OCH3 is 1. The van der Waals surface area contributed by atoms with Gasteiger partial charge in [-0.1, -0.05) is 29.8 Å². The normalized spacial score (nSPS) is 17.8. The van der Waals surface area contributed by atoms with Crippen molar-refractivity contribution in [2.45, 2.75) is 0 Å². The van der Waals surface area contributed by atoms with E-state index < -0.39 is 0 Å². The number of rotatable bonds is 3. The maximum Gasteiger partial charge on any atom is 0.266 e. The Morgan fingerprint density at radius 1 is 1.21 bits per heavy atom. The predicted molar refractivity (Wildman–Crippen MR) is 99.9 cm³/mol. The van der Waals surface area contributed by atoms with Crippen LogP contribution in [0.5, 0.6) is 5.75 Å². The molecule has 1 saturated heterocycles. The van der Waals surface area contributed by atoms with Crippen LogP contribution >= 0.6 is 23.4 Å². The lowest BCUT2D eigenvalue weighted by atomic mass is 10.2. The Morgan fingerprint density at radius 2 is 2.00 bits per heavy atom. The van der Waals surface area contributed by atoms with E-state index >= 15 is 0 Å². The molecule has 1 aliphatic rings. The van der Waals surface area contributed by atoms with E-state index in [1.807, 2.05) is 42.5 Å². The molecule has 1 aliphatic heterocycles. The van der Waals surface area contributed by atoms with Crippen molar-refractivity contribution in [3.63, 3.8) is 0 Å². The van der Waals surface area contributed by atoms with Gasteiger partial charge in [-0.25, -0.2) is 4.99 Å². The zero-order valence-electron chi connectivity index (χ0n) is 13.2. The number of carbonyl (C=O) groups is 1. The molecule has 0 atom stereocenters. The molecule has 4 nitrogen and oxygen atoms in total. The number of nitrogens with zero attached hydrogens (tertiary/aromatic N) is 2. The summed E-state index contributed by atoms with van der Waals surface area (Å²) in [5.41, 5.74) is 1.62. The Morgan fingerprint density at radius 3 is 2.75 bits per heavy atom. The van der Waals surface area contributed by atoms with Crippen molar-refractivity contribution in [3.8, 4) is 5.75 Å². The quantitative estimate of drug-likeness (QED) is 0.754. The number of amidine groups is 1. The first kappa shape index (κ1) is 16.6. The summed E-state index contributed by atoms with van der Waals surface area (Å²) < 4.78 is 5.21. The molecule has 0 N–H and O–H groups in total. The maximum absolute atomic E-state index is 12.4. The second kappa shape index (κ2) is 7.11. The highest BCUT2D eigenvalue weighted by Gasteiger charge is 2.30. The molecule has 2 aromatic rings. The van der Waals surface area contributed by atoms with Crippen LogP contribution < -0.4 is 4.74 Å². The molecule has 3 rings (SSSR count). The third kappa shape index (κ3) is 3.63. The number of halogens is 1. The molecule has 0 bridgehead atoms. The van der Waals surface area contributed by atoms with Gasteiger partial charge >= 0.3 is 0 Å². The van der Waals surface area contributed by atoms with Crippen molar-refractivity contribution in [1.29, 1.82) is 0 Å². The van der Waals surface area contributed by atoms with Crippen molar-refractivity contribution in [1.82, 2.24) is 4.90 Å². The van der Waals surface area contributed by atoms with Gasteiger partial charge in [0.2, 0.25) is 0 Å². The fourth-order valence-corrected chi connectivity index (χ4v) is 3.36. The van der Waals surface area contributed by atoms with Gasteiger partial charge in [0, 0.05) is 12.1 Å². The van der Waals surface area contributed by atoms with Gasteiger partial charge in [0.05, 0.1) is 17.7 Å². The molecule has 1 heterocycles. The molecule has 2 aromatic carbocycles. The summed E-state index contributed by atoms with van der Waals surface area (Å²) in [5, 5.41) is 1.23. The van der Waals surface area contributed by atoms with Gasteiger partial charge in [-0.15, -0.1) is 0 Å². The van der Waals surface area contributed by atoms with E-state index in [9.17, 15) is 4.79 Å². The van der Waals surface area contributed by atoms with E-state index in [1.165, 1.54) is 16.7 Å². The topological polar surface area (TPSA) is 41.9 Å². The van der Waals surface area contributed by atoms with E-state index in [-0.39, 0.29) is 5.91 Å². The summed E-state index contributed by atoms with van der Waals surface area (Å²) in [4.78, 5) is 19.1. The fourth-order valence-electron chi connectivity index (χ4n) is 2.19. The van der Waals surface area contributed by atoms with Gasteiger partial charge in [0.15, 0.2) is 5.17 Å². The van der Waals surface area contributed by atoms with E-state index in [2.05, 4.69) is 4.99 Å². The van der Waals surface area contributed by atoms with Crippen LogP contribution in [-0.4, -0.2) is 30.1 Å². The van der Waals surface area contributed by atoms with Gasteiger partial charge in [-0.3, -0.25) is 9.69 Å². The fraction of sp³-hybridized carbons (Fsp3) is 0.111. The second-order valence-electron chi connectivity index (χ2n) is 5.13. The standard InChI is InChI=1S/C18H15ClN2O2S/c1-21-17(22)16(10-12-5-3-8-15(9-12)23-2)24-18(21)20-14-7-4-6-13(19)11-14/h3-11H,1-2H3/b16-10+,20-18?. The first-order chi connectivity index (χ1) is 11.6. The minimum Gasteiger partial charge on any atom is -0.497 e. The lowest BCUT2D eigenvalue weighted by Gasteiger charge is -2.07. The molecular formula is C18H15ClN2O2S. The van der Waals surface area contributed by atoms with Crippen LogP contribution in [0, 0.1) is 0 Å². The second-order valence-corrected chi connectivity index (χ2v) is 6.57. The van der Waals surface area contributed by atoms with Crippen LogP contribution in [0.2, 0.25) is 5.02 Å². The Labute approximate surface area is 149 Å². The Kier molecular flexibility index (Phi) is 4.92. The number of hydrogen-bond donors (Lipinski definition) is 0. The first-order valence-corrected chi connectivity index (χ1v) is 8.42. The van der Waals surface area contributed by atoms with Crippen LogP contribution in [0.25, 0.3) is 6.08 Å². The van der Waals surface area contributed by atoms with Crippen LogP contribution in [0.4, 0.5) is 5.69 Å². The third-order valence-electron chi connectivity index (χ3n) is 3.43. The average molecular weight is 359 g/mol. The van der Waals surface area contributed by atoms with Crippen LogP contribution in [0.1, 0.15) is 5.56 Å². The first-order valence-electron chi connectivity index (χ1n) is 7.23. The van der Waals surface area contributed by atoms with E-state index in [0.29, 0.717) is 20.8 Å². The summed E-state index contributed by atoms with van der Waals surface area (Å²) in [5.74, 6) is 0.671. The number of benzene rings is 2. The number of likely N-dealkylation sites (N-methyl/N-ethyl adjacent to an activating group) is 1. The predicted octanol–water partition coefficient (Wildman–Crippen LogP) is 4.58. The van der Waals surface area contributed by atoms with Crippen molar-refractivity contribution in [2.75, 3.05) is 14.2 Å². The van der Waals surface area contributed by atoms with E-state index in [1.54, 1.807) is 26.3 Å².